The van der Waals surface area contributed by atoms with Gasteiger partial charge in [-0.05, 0) is 38.2 Å². The summed E-state index contributed by atoms with van der Waals surface area (Å²) >= 11 is 2.04. The lowest BCUT2D eigenvalue weighted by atomic mass is 10.3. The van der Waals surface area contributed by atoms with E-state index in [0.29, 0.717) is 4.75 Å². The highest BCUT2D eigenvalue weighted by atomic mass is 32.2. The van der Waals surface area contributed by atoms with Crippen molar-refractivity contribution in [3.05, 3.63) is 0 Å². The second-order valence-corrected chi connectivity index (χ2v) is 6.88. The molecule has 0 aromatic rings. The minimum absolute atomic E-state index is 0.407. The van der Waals surface area contributed by atoms with Crippen molar-refractivity contribution < 1.29 is 0 Å². The van der Waals surface area contributed by atoms with Gasteiger partial charge in [0.25, 0.3) is 0 Å². The molecule has 0 aromatic heterocycles. The summed E-state index contributed by atoms with van der Waals surface area (Å²) in [7, 11) is 0. The minimum atomic E-state index is 0.407. The van der Waals surface area contributed by atoms with E-state index in [-0.39, 0.29) is 0 Å². The van der Waals surface area contributed by atoms with Crippen LogP contribution < -0.4 is 16.4 Å². The predicted molar refractivity (Wildman–Crippen MR) is 76.2 cm³/mol. The number of hydrogen-bond donors (Lipinski definition) is 3. The Morgan fingerprint density at radius 3 is 2.00 bits per heavy atom. The Labute approximate surface area is 105 Å². The van der Waals surface area contributed by atoms with E-state index in [4.69, 9.17) is 5.73 Å². The van der Waals surface area contributed by atoms with Crippen LogP contribution in [0, 0.1) is 0 Å². The molecule has 16 heavy (non-hydrogen) atoms. The lowest BCUT2D eigenvalue weighted by molar-refractivity contribution is 0.597. The predicted octanol–water partition coefficient (Wildman–Crippen LogP) is 1.44. The fourth-order valence-electron chi connectivity index (χ4n) is 1.23. The molecule has 0 aliphatic heterocycles. The maximum atomic E-state index is 5.40. The van der Waals surface area contributed by atoms with Gasteiger partial charge in [-0.3, -0.25) is 0 Å². The summed E-state index contributed by atoms with van der Waals surface area (Å²) in [4.78, 5) is 0. The lowest BCUT2D eigenvalue weighted by Gasteiger charge is -2.17. The average molecular weight is 247 g/mol. The van der Waals surface area contributed by atoms with Gasteiger partial charge in [-0.2, -0.15) is 11.8 Å². The first-order chi connectivity index (χ1) is 7.56. The molecule has 4 N–H and O–H groups in total. The Balaban J connectivity index is 2.99. The van der Waals surface area contributed by atoms with Crippen LogP contribution in [0.2, 0.25) is 0 Å². The third-order valence-corrected chi connectivity index (χ3v) is 3.43. The molecule has 4 heteroatoms. The summed E-state index contributed by atoms with van der Waals surface area (Å²) in [5, 5.41) is 6.80. The van der Waals surface area contributed by atoms with Crippen LogP contribution >= 0.6 is 11.8 Å². The van der Waals surface area contributed by atoms with Crippen molar-refractivity contribution in [2.45, 2.75) is 38.4 Å². The summed E-state index contributed by atoms with van der Waals surface area (Å²) in [5.41, 5.74) is 5.40. The topological polar surface area (TPSA) is 50.1 Å². The number of hydrogen-bond acceptors (Lipinski definition) is 4. The van der Waals surface area contributed by atoms with Crippen molar-refractivity contribution in [1.29, 1.82) is 0 Å². The van der Waals surface area contributed by atoms with Crippen molar-refractivity contribution >= 4 is 11.8 Å². The second kappa shape index (κ2) is 10.4. The number of thioether (sulfide) groups is 1. The SMILES string of the molecule is CC(C)(C)SCCCNCCNCCCN. The summed E-state index contributed by atoms with van der Waals surface area (Å²) in [6.45, 7) is 11.9. The summed E-state index contributed by atoms with van der Waals surface area (Å²) < 4.78 is 0.407. The van der Waals surface area contributed by atoms with E-state index in [1.54, 1.807) is 0 Å². The second-order valence-electron chi connectivity index (χ2n) is 4.96. The van der Waals surface area contributed by atoms with Crippen molar-refractivity contribution in [1.82, 2.24) is 10.6 Å². The summed E-state index contributed by atoms with van der Waals surface area (Å²) in [6, 6.07) is 0. The van der Waals surface area contributed by atoms with Gasteiger partial charge in [0, 0.05) is 17.8 Å². The van der Waals surface area contributed by atoms with Crippen LogP contribution in [-0.2, 0) is 0 Å². The normalized spacial score (nSPS) is 12.0. The van der Waals surface area contributed by atoms with Crippen LogP contribution in [0.4, 0.5) is 0 Å². The van der Waals surface area contributed by atoms with E-state index >= 15 is 0 Å². The van der Waals surface area contributed by atoms with Gasteiger partial charge in [0.05, 0.1) is 0 Å². The lowest BCUT2D eigenvalue weighted by Crippen LogP contribution is -2.29. The van der Waals surface area contributed by atoms with Crippen LogP contribution in [-0.4, -0.2) is 43.2 Å². The van der Waals surface area contributed by atoms with Crippen LogP contribution in [0.3, 0.4) is 0 Å². The molecule has 0 amide bonds. The van der Waals surface area contributed by atoms with Crippen LogP contribution in [0.25, 0.3) is 0 Å². The molecule has 0 heterocycles. The fraction of sp³-hybridized carbons (Fsp3) is 1.00. The maximum Gasteiger partial charge on any atom is 0.00767 e. The monoisotopic (exact) mass is 247 g/mol. The van der Waals surface area contributed by atoms with Gasteiger partial charge in [0.2, 0.25) is 0 Å². The standard InChI is InChI=1S/C12H29N3S/c1-12(2,3)16-11-5-8-15-10-9-14-7-4-6-13/h14-15H,4-11,13H2,1-3H3. The fourth-order valence-corrected chi connectivity index (χ4v) is 2.13. The van der Waals surface area contributed by atoms with Gasteiger partial charge in [0.1, 0.15) is 0 Å². The molecule has 3 nitrogen and oxygen atoms in total. The van der Waals surface area contributed by atoms with Crippen molar-refractivity contribution in [2.24, 2.45) is 5.73 Å². The molecule has 0 atom stereocenters. The molecular formula is C12H29N3S. The van der Waals surface area contributed by atoms with Crippen LogP contribution in [0.5, 0.6) is 0 Å². The molecule has 0 rings (SSSR count). The third kappa shape index (κ3) is 14.2. The first-order valence-corrected chi connectivity index (χ1v) is 7.30. The maximum absolute atomic E-state index is 5.40. The minimum Gasteiger partial charge on any atom is -0.330 e. The largest absolute Gasteiger partial charge is 0.330 e. The summed E-state index contributed by atoms with van der Waals surface area (Å²) in [5.74, 6) is 1.25. The highest BCUT2D eigenvalue weighted by Gasteiger charge is 2.08. The molecule has 0 radical (unpaired) electrons. The first-order valence-electron chi connectivity index (χ1n) is 6.32. The van der Waals surface area contributed by atoms with Gasteiger partial charge in [-0.15, -0.1) is 0 Å². The van der Waals surface area contributed by atoms with E-state index in [1.807, 2.05) is 11.8 Å². The van der Waals surface area contributed by atoms with E-state index in [2.05, 4.69) is 31.4 Å². The van der Waals surface area contributed by atoms with Crippen LogP contribution in [0.1, 0.15) is 33.6 Å². The van der Waals surface area contributed by atoms with Crippen LogP contribution in [0.15, 0.2) is 0 Å². The van der Waals surface area contributed by atoms with E-state index in [9.17, 15) is 0 Å². The highest BCUT2D eigenvalue weighted by molar-refractivity contribution is 8.00. The zero-order valence-corrected chi connectivity index (χ0v) is 12.0. The molecule has 0 aliphatic carbocycles. The van der Waals surface area contributed by atoms with E-state index in [0.717, 1.165) is 39.1 Å². The number of nitrogens with one attached hydrogen (secondary N) is 2. The van der Waals surface area contributed by atoms with Gasteiger partial charge in [-0.25, -0.2) is 0 Å². The van der Waals surface area contributed by atoms with Crippen molar-refractivity contribution in [3.8, 4) is 0 Å². The molecule has 0 saturated heterocycles. The highest BCUT2D eigenvalue weighted by Crippen LogP contribution is 2.23. The van der Waals surface area contributed by atoms with E-state index < -0.39 is 0 Å². The van der Waals surface area contributed by atoms with Gasteiger partial charge in [-0.1, -0.05) is 20.8 Å². The zero-order valence-electron chi connectivity index (χ0n) is 11.1. The smallest absolute Gasteiger partial charge is 0.00767 e. The Morgan fingerprint density at radius 1 is 0.938 bits per heavy atom. The molecule has 0 unspecified atom stereocenters. The Bertz CT molecular complexity index is 146. The molecule has 0 aliphatic rings. The Hall–Kier alpha value is 0.230. The quantitative estimate of drug-likeness (QED) is 0.511. The first kappa shape index (κ1) is 16.2. The molecule has 0 aromatic carbocycles. The molecule has 0 saturated carbocycles. The van der Waals surface area contributed by atoms with Gasteiger partial charge < -0.3 is 16.4 Å². The van der Waals surface area contributed by atoms with Crippen molar-refractivity contribution in [3.63, 3.8) is 0 Å². The zero-order chi connectivity index (χ0) is 12.3. The number of rotatable bonds is 10. The third-order valence-electron chi connectivity index (χ3n) is 2.07. The molecule has 98 valence electrons. The Morgan fingerprint density at radius 2 is 1.50 bits per heavy atom. The van der Waals surface area contributed by atoms with Gasteiger partial charge in [0.15, 0.2) is 0 Å². The summed E-state index contributed by atoms with van der Waals surface area (Å²) in [6.07, 6.45) is 2.33. The molecular weight excluding hydrogens is 218 g/mol. The molecule has 0 spiro atoms. The van der Waals surface area contributed by atoms with Crippen molar-refractivity contribution in [2.75, 3.05) is 38.5 Å². The van der Waals surface area contributed by atoms with Gasteiger partial charge >= 0.3 is 0 Å². The molecule has 0 fully saturated rings. The number of nitrogens with two attached hydrogens (primary N) is 1. The molecule has 0 bridgehead atoms. The Kier molecular flexibility index (Phi) is 10.5. The average Bonchev–Trinajstić information content (AvgIpc) is 2.19. The van der Waals surface area contributed by atoms with E-state index in [1.165, 1.54) is 12.2 Å².